The maximum Gasteiger partial charge on any atom is 0.356 e. The molecule has 0 radical (unpaired) electrons. The lowest BCUT2D eigenvalue weighted by molar-refractivity contribution is 0.0585. The van der Waals surface area contributed by atoms with Crippen molar-refractivity contribution in [1.29, 1.82) is 0 Å². The summed E-state index contributed by atoms with van der Waals surface area (Å²) in [7, 11) is 3.02. The molecule has 2 heterocycles. The molecule has 4 rings (SSSR count). The van der Waals surface area contributed by atoms with Gasteiger partial charge in [0.05, 0.1) is 19.9 Å². The third-order valence-corrected chi connectivity index (χ3v) is 5.08. The van der Waals surface area contributed by atoms with Crippen molar-refractivity contribution in [3.8, 4) is 28.5 Å². The molecule has 0 bridgehead atoms. The summed E-state index contributed by atoms with van der Waals surface area (Å²) in [5.41, 5.74) is 10.4. The fraction of sp³-hybridized carbons (Fsp3) is 0.333. The molecule has 2 N–H and O–H groups in total. The first kappa shape index (κ1) is 19.1. The Hall–Kier alpha value is -3.26. The molecule has 0 amide bonds. The molecule has 0 saturated carbocycles. The molecule has 1 aliphatic rings. The molecule has 0 aliphatic heterocycles. The number of aromatic nitrogens is 4. The van der Waals surface area contributed by atoms with Crippen molar-refractivity contribution < 1.29 is 14.3 Å². The summed E-state index contributed by atoms with van der Waals surface area (Å²) in [5, 5.41) is 4.71. The van der Waals surface area contributed by atoms with Gasteiger partial charge in [-0.2, -0.15) is 5.10 Å². The first-order valence-electron chi connectivity index (χ1n) is 9.55. The van der Waals surface area contributed by atoms with Crippen molar-refractivity contribution >= 4 is 5.97 Å². The average molecular weight is 393 g/mol. The van der Waals surface area contributed by atoms with Gasteiger partial charge in [0.2, 0.25) is 0 Å². The molecule has 1 aromatic carbocycles. The minimum absolute atomic E-state index is 0.386. The number of carbonyl (C=O) groups is 1. The van der Waals surface area contributed by atoms with Crippen LogP contribution in [0.25, 0.3) is 22.8 Å². The number of ether oxygens (including phenoxy) is 2. The zero-order valence-electron chi connectivity index (χ0n) is 16.5. The third-order valence-electron chi connectivity index (χ3n) is 5.08. The maximum absolute atomic E-state index is 12.4. The molecule has 2 aromatic heterocycles. The van der Waals surface area contributed by atoms with Crippen molar-refractivity contribution in [2.45, 2.75) is 25.8 Å². The van der Waals surface area contributed by atoms with E-state index in [1.807, 2.05) is 30.5 Å². The van der Waals surface area contributed by atoms with Gasteiger partial charge in [-0.25, -0.2) is 14.8 Å². The number of nitrogens with zero attached hydrogens (tertiary/aromatic N) is 4. The van der Waals surface area contributed by atoms with E-state index in [1.54, 1.807) is 11.8 Å². The molecule has 0 unspecified atom stereocenters. The third kappa shape index (κ3) is 3.47. The van der Waals surface area contributed by atoms with Crippen molar-refractivity contribution in [2.24, 2.45) is 5.73 Å². The minimum atomic E-state index is -0.386. The second-order valence-corrected chi connectivity index (χ2v) is 6.83. The number of methoxy groups -OCH3 is 2. The Morgan fingerprint density at radius 3 is 2.66 bits per heavy atom. The van der Waals surface area contributed by atoms with E-state index in [4.69, 9.17) is 25.3 Å². The van der Waals surface area contributed by atoms with Crippen LogP contribution in [0.5, 0.6) is 5.75 Å². The van der Waals surface area contributed by atoms with Crippen LogP contribution in [0.1, 0.15) is 28.0 Å². The summed E-state index contributed by atoms with van der Waals surface area (Å²) in [4.78, 5) is 21.8. The smallest absolute Gasteiger partial charge is 0.356 e. The summed E-state index contributed by atoms with van der Waals surface area (Å²) in [6, 6.07) is 7.59. The zero-order valence-corrected chi connectivity index (χ0v) is 16.5. The van der Waals surface area contributed by atoms with Gasteiger partial charge in [0.15, 0.2) is 5.82 Å². The number of esters is 1. The van der Waals surface area contributed by atoms with Crippen LogP contribution in [0.3, 0.4) is 0 Å². The van der Waals surface area contributed by atoms with Crippen LogP contribution in [-0.2, 0) is 24.1 Å². The van der Waals surface area contributed by atoms with Crippen LogP contribution in [-0.4, -0.2) is 46.5 Å². The molecule has 8 heteroatoms. The van der Waals surface area contributed by atoms with Crippen molar-refractivity contribution in [3.63, 3.8) is 0 Å². The highest BCUT2D eigenvalue weighted by molar-refractivity contribution is 5.92. The number of hydrogen-bond acceptors (Lipinski definition) is 7. The van der Waals surface area contributed by atoms with Crippen LogP contribution in [0.2, 0.25) is 0 Å². The van der Waals surface area contributed by atoms with Gasteiger partial charge in [0.25, 0.3) is 0 Å². The summed E-state index contributed by atoms with van der Waals surface area (Å²) in [5.74, 6) is 0.995. The molecule has 0 atom stereocenters. The number of aryl methyl sites for hydroxylation is 2. The lowest BCUT2D eigenvalue weighted by Crippen LogP contribution is -2.16. The van der Waals surface area contributed by atoms with Gasteiger partial charge in [-0.1, -0.05) is 0 Å². The van der Waals surface area contributed by atoms with Gasteiger partial charge in [-0.3, -0.25) is 4.68 Å². The molecule has 0 saturated heterocycles. The average Bonchev–Trinajstić information content (AvgIpc) is 3.15. The Kier molecular flexibility index (Phi) is 5.26. The first-order valence-corrected chi connectivity index (χ1v) is 9.55. The van der Waals surface area contributed by atoms with Crippen molar-refractivity contribution in [3.05, 3.63) is 47.3 Å². The number of rotatable bonds is 6. The fourth-order valence-electron chi connectivity index (χ4n) is 3.59. The van der Waals surface area contributed by atoms with Crippen LogP contribution in [0, 0.1) is 0 Å². The van der Waals surface area contributed by atoms with Gasteiger partial charge < -0.3 is 15.2 Å². The normalized spacial score (nSPS) is 12.2. The number of carbonyl (C=O) groups excluding carboxylic acids is 1. The molecule has 1 aliphatic carbocycles. The van der Waals surface area contributed by atoms with Gasteiger partial charge in [0.1, 0.15) is 17.1 Å². The predicted molar refractivity (Wildman–Crippen MR) is 108 cm³/mol. The molecule has 3 aromatic rings. The summed E-state index contributed by atoms with van der Waals surface area (Å²) < 4.78 is 11.9. The Morgan fingerprint density at radius 1 is 1.17 bits per heavy atom. The second-order valence-electron chi connectivity index (χ2n) is 6.83. The summed E-state index contributed by atoms with van der Waals surface area (Å²) in [6.45, 7) is 1.07. The number of fused-ring (bicyclic) bond motifs is 3. The minimum Gasteiger partial charge on any atom is -0.497 e. The van der Waals surface area contributed by atoms with Crippen LogP contribution >= 0.6 is 0 Å². The van der Waals surface area contributed by atoms with E-state index in [0.29, 0.717) is 31.0 Å². The topological polar surface area (TPSA) is 105 Å². The molecule has 29 heavy (non-hydrogen) atoms. The molecular formula is C21H23N5O3. The Morgan fingerprint density at radius 2 is 1.97 bits per heavy atom. The van der Waals surface area contributed by atoms with Gasteiger partial charge >= 0.3 is 5.97 Å². The second kappa shape index (κ2) is 8.00. The van der Waals surface area contributed by atoms with E-state index in [2.05, 4.69) is 4.98 Å². The SMILES string of the molecule is COC(=O)c1c2c(nn1CCCN)-c1nc(-c3ccc(OC)cc3)ncc1CC2. The summed E-state index contributed by atoms with van der Waals surface area (Å²) in [6.07, 6.45) is 4.01. The molecule has 0 spiro atoms. The lowest BCUT2D eigenvalue weighted by Gasteiger charge is -2.15. The largest absolute Gasteiger partial charge is 0.497 e. The van der Waals surface area contributed by atoms with E-state index >= 15 is 0 Å². The van der Waals surface area contributed by atoms with Crippen LogP contribution < -0.4 is 10.5 Å². The Balaban J connectivity index is 1.80. The monoisotopic (exact) mass is 393 g/mol. The maximum atomic E-state index is 12.4. The quantitative estimate of drug-likeness (QED) is 0.640. The highest BCUT2D eigenvalue weighted by Gasteiger charge is 2.30. The van der Waals surface area contributed by atoms with Crippen LogP contribution in [0.4, 0.5) is 0 Å². The van der Waals surface area contributed by atoms with Gasteiger partial charge in [-0.05, 0) is 55.6 Å². The first-order chi connectivity index (χ1) is 14.2. The number of benzene rings is 1. The fourth-order valence-corrected chi connectivity index (χ4v) is 3.59. The van der Waals surface area contributed by atoms with E-state index < -0.39 is 0 Å². The van der Waals surface area contributed by atoms with Crippen molar-refractivity contribution in [2.75, 3.05) is 20.8 Å². The summed E-state index contributed by atoms with van der Waals surface area (Å²) >= 11 is 0. The lowest BCUT2D eigenvalue weighted by atomic mass is 9.93. The van der Waals surface area contributed by atoms with E-state index in [-0.39, 0.29) is 5.97 Å². The molecule has 0 fully saturated rings. The number of nitrogens with two attached hydrogens (primary N) is 1. The number of hydrogen-bond donors (Lipinski definition) is 1. The highest BCUT2D eigenvalue weighted by atomic mass is 16.5. The van der Waals surface area contributed by atoms with E-state index in [9.17, 15) is 4.79 Å². The zero-order chi connectivity index (χ0) is 20.4. The van der Waals surface area contributed by atoms with E-state index in [0.717, 1.165) is 46.7 Å². The van der Waals surface area contributed by atoms with Crippen LogP contribution in [0.15, 0.2) is 30.5 Å². The van der Waals surface area contributed by atoms with Gasteiger partial charge in [0, 0.05) is 23.9 Å². The predicted octanol–water partition coefficient (Wildman–Crippen LogP) is 2.25. The van der Waals surface area contributed by atoms with E-state index in [1.165, 1.54) is 7.11 Å². The molecule has 8 nitrogen and oxygen atoms in total. The van der Waals surface area contributed by atoms with Gasteiger partial charge in [-0.15, -0.1) is 0 Å². The van der Waals surface area contributed by atoms with Crippen molar-refractivity contribution in [1.82, 2.24) is 19.7 Å². The molecule has 150 valence electrons. The molecular weight excluding hydrogens is 370 g/mol. The Bertz CT molecular complexity index is 1040. The highest BCUT2D eigenvalue weighted by Crippen LogP contribution is 2.34. The standard InChI is InChI=1S/C21H23N5O3/c1-28-15-7-4-13(5-8-15)20-23-12-14-6-9-16-18(17(14)24-20)25-26(11-3-10-22)19(16)21(27)29-2/h4-5,7-8,12H,3,6,9-11,22H2,1-2H3. The Labute approximate surface area is 168 Å².